The van der Waals surface area contributed by atoms with Crippen LogP contribution in [0.25, 0.3) is 0 Å². The van der Waals surface area contributed by atoms with Gasteiger partial charge in [0.1, 0.15) is 0 Å². The van der Waals surface area contributed by atoms with Crippen molar-refractivity contribution in [3.63, 3.8) is 0 Å². The van der Waals surface area contributed by atoms with Gasteiger partial charge >= 0.3 is 5.97 Å². The van der Waals surface area contributed by atoms with Gasteiger partial charge in [-0.3, -0.25) is 9.59 Å². The third-order valence-electron chi connectivity index (χ3n) is 3.98. The number of carbonyl (C=O) groups is 2. The summed E-state index contributed by atoms with van der Waals surface area (Å²) in [5.41, 5.74) is -0.789. The third-order valence-corrected chi connectivity index (χ3v) is 3.98. The lowest BCUT2D eigenvalue weighted by Crippen LogP contribution is -2.42. The normalized spacial score (nSPS) is 25.5. The fourth-order valence-corrected chi connectivity index (χ4v) is 2.55. The number of carboxylic acid groups (broad SMARTS) is 1. The zero-order valence-electron chi connectivity index (χ0n) is 11.6. The Morgan fingerprint density at radius 3 is 2.39 bits per heavy atom. The topological polar surface area (TPSA) is 66.8 Å². The molecule has 1 amide bonds. The number of hydrogen-bond acceptors (Lipinski definition) is 3. The summed E-state index contributed by atoms with van der Waals surface area (Å²) in [5, 5.41) is 9.41. The van der Waals surface area contributed by atoms with Crippen LogP contribution in [0.5, 0.6) is 0 Å². The lowest BCUT2D eigenvalue weighted by atomic mass is 9.76. The van der Waals surface area contributed by atoms with Crippen molar-refractivity contribution in [2.75, 3.05) is 26.8 Å². The van der Waals surface area contributed by atoms with Crippen molar-refractivity contribution in [1.82, 2.24) is 4.90 Å². The summed E-state index contributed by atoms with van der Waals surface area (Å²) in [6.07, 6.45) is 0.533. The Morgan fingerprint density at radius 1 is 1.39 bits per heavy atom. The van der Waals surface area contributed by atoms with Crippen molar-refractivity contribution in [3.05, 3.63) is 0 Å². The summed E-state index contributed by atoms with van der Waals surface area (Å²) in [6.45, 7) is 6.82. The second kappa shape index (κ2) is 5.69. The average molecular weight is 257 g/mol. The van der Waals surface area contributed by atoms with E-state index in [0.29, 0.717) is 26.1 Å². The first-order chi connectivity index (χ1) is 8.35. The van der Waals surface area contributed by atoms with Crippen LogP contribution >= 0.6 is 0 Å². The van der Waals surface area contributed by atoms with Gasteiger partial charge in [-0.15, -0.1) is 0 Å². The number of ether oxygens (including phenoxy) is 1. The van der Waals surface area contributed by atoms with E-state index in [9.17, 15) is 14.7 Å². The molecule has 0 spiro atoms. The molecule has 1 aliphatic rings. The first kappa shape index (κ1) is 15.0. The lowest BCUT2D eigenvalue weighted by Gasteiger charge is -2.29. The summed E-state index contributed by atoms with van der Waals surface area (Å²) in [5.74, 6) is -1.01. The minimum Gasteiger partial charge on any atom is -0.481 e. The molecule has 1 fully saturated rings. The number of methoxy groups -OCH3 is 1. The van der Waals surface area contributed by atoms with E-state index < -0.39 is 11.4 Å². The monoisotopic (exact) mass is 257 g/mol. The van der Waals surface area contributed by atoms with Gasteiger partial charge in [0.05, 0.1) is 17.9 Å². The van der Waals surface area contributed by atoms with E-state index in [1.165, 1.54) is 0 Å². The van der Waals surface area contributed by atoms with Gasteiger partial charge in [-0.25, -0.2) is 0 Å². The number of carboxylic acids is 1. The van der Waals surface area contributed by atoms with E-state index >= 15 is 0 Å². The Hall–Kier alpha value is -1.10. The molecule has 0 saturated carbocycles. The molecule has 2 unspecified atom stereocenters. The molecule has 18 heavy (non-hydrogen) atoms. The van der Waals surface area contributed by atoms with E-state index in [1.807, 2.05) is 20.8 Å². The molecule has 1 N–H and O–H groups in total. The summed E-state index contributed by atoms with van der Waals surface area (Å²) >= 11 is 0. The molecule has 0 aromatic heterocycles. The van der Waals surface area contributed by atoms with Gasteiger partial charge in [-0.05, 0) is 12.3 Å². The molecule has 0 radical (unpaired) electrons. The predicted molar refractivity (Wildman–Crippen MR) is 67.1 cm³/mol. The fourth-order valence-electron chi connectivity index (χ4n) is 2.55. The molecule has 0 aromatic carbocycles. The summed E-state index contributed by atoms with van der Waals surface area (Å²) in [6, 6.07) is 0. The van der Waals surface area contributed by atoms with Crippen molar-refractivity contribution in [2.24, 2.45) is 17.3 Å². The SMILES string of the molecule is COCC(C)C(=O)N1CCC(C(=O)O)(C(C)C)C1. The molecule has 0 bridgehead atoms. The number of likely N-dealkylation sites (tertiary alicyclic amines) is 1. The van der Waals surface area contributed by atoms with Gasteiger partial charge in [-0.1, -0.05) is 20.8 Å². The second-order valence-electron chi connectivity index (χ2n) is 5.48. The molecule has 0 aromatic rings. The maximum atomic E-state index is 12.1. The number of hydrogen-bond donors (Lipinski definition) is 1. The van der Waals surface area contributed by atoms with Gasteiger partial charge < -0.3 is 14.7 Å². The van der Waals surface area contributed by atoms with Crippen LogP contribution in [0.1, 0.15) is 27.2 Å². The molecule has 1 saturated heterocycles. The van der Waals surface area contributed by atoms with Crippen molar-refractivity contribution < 1.29 is 19.4 Å². The molecule has 1 rings (SSSR count). The highest BCUT2D eigenvalue weighted by Crippen LogP contribution is 2.38. The zero-order valence-corrected chi connectivity index (χ0v) is 11.6. The Balaban J connectivity index is 2.75. The summed E-state index contributed by atoms with van der Waals surface area (Å²) < 4.78 is 4.97. The predicted octanol–water partition coefficient (Wildman–Crippen LogP) is 1.23. The second-order valence-corrected chi connectivity index (χ2v) is 5.48. The summed E-state index contributed by atoms with van der Waals surface area (Å²) in [7, 11) is 1.56. The Morgan fingerprint density at radius 2 is 2.00 bits per heavy atom. The van der Waals surface area contributed by atoms with Crippen LogP contribution in [0.4, 0.5) is 0 Å². The minimum absolute atomic E-state index is 0.0133. The highest BCUT2D eigenvalue weighted by Gasteiger charge is 2.48. The van der Waals surface area contributed by atoms with E-state index in [1.54, 1.807) is 12.0 Å². The largest absolute Gasteiger partial charge is 0.481 e. The number of aliphatic carboxylic acids is 1. The minimum atomic E-state index is -0.799. The van der Waals surface area contributed by atoms with Crippen molar-refractivity contribution in [3.8, 4) is 0 Å². The van der Waals surface area contributed by atoms with E-state index in [2.05, 4.69) is 0 Å². The van der Waals surface area contributed by atoms with Gasteiger partial charge in [-0.2, -0.15) is 0 Å². The Bertz CT molecular complexity index is 329. The highest BCUT2D eigenvalue weighted by atomic mass is 16.5. The van der Waals surface area contributed by atoms with Gasteiger partial charge in [0.25, 0.3) is 0 Å². The van der Waals surface area contributed by atoms with Crippen LogP contribution < -0.4 is 0 Å². The molecule has 0 aliphatic carbocycles. The van der Waals surface area contributed by atoms with Gasteiger partial charge in [0.2, 0.25) is 5.91 Å². The molecule has 5 nitrogen and oxygen atoms in total. The molecule has 1 aliphatic heterocycles. The zero-order chi connectivity index (χ0) is 13.9. The number of carbonyl (C=O) groups excluding carboxylic acids is 1. The van der Waals surface area contributed by atoms with E-state index in [-0.39, 0.29) is 17.7 Å². The van der Waals surface area contributed by atoms with Crippen molar-refractivity contribution in [1.29, 1.82) is 0 Å². The van der Waals surface area contributed by atoms with Crippen LogP contribution in [0.15, 0.2) is 0 Å². The maximum absolute atomic E-state index is 12.1. The van der Waals surface area contributed by atoms with Crippen LogP contribution in [-0.2, 0) is 14.3 Å². The molecular weight excluding hydrogens is 234 g/mol. The maximum Gasteiger partial charge on any atom is 0.311 e. The van der Waals surface area contributed by atoms with Crippen LogP contribution in [0, 0.1) is 17.3 Å². The smallest absolute Gasteiger partial charge is 0.311 e. The molecule has 5 heteroatoms. The van der Waals surface area contributed by atoms with Crippen molar-refractivity contribution >= 4 is 11.9 Å². The van der Waals surface area contributed by atoms with Crippen LogP contribution in [-0.4, -0.2) is 48.7 Å². The van der Waals surface area contributed by atoms with Gasteiger partial charge in [0, 0.05) is 20.2 Å². The third kappa shape index (κ3) is 2.66. The first-order valence-corrected chi connectivity index (χ1v) is 6.36. The molecule has 2 atom stereocenters. The average Bonchev–Trinajstić information content (AvgIpc) is 2.74. The van der Waals surface area contributed by atoms with Gasteiger partial charge in [0.15, 0.2) is 0 Å². The van der Waals surface area contributed by atoms with Crippen molar-refractivity contribution in [2.45, 2.75) is 27.2 Å². The number of amides is 1. The van der Waals surface area contributed by atoms with Crippen LogP contribution in [0.3, 0.4) is 0 Å². The number of rotatable bonds is 5. The molecular formula is C13H23NO4. The van der Waals surface area contributed by atoms with E-state index in [0.717, 1.165) is 0 Å². The lowest BCUT2D eigenvalue weighted by molar-refractivity contribution is -0.151. The first-order valence-electron chi connectivity index (χ1n) is 6.36. The summed E-state index contributed by atoms with van der Waals surface area (Å²) in [4.78, 5) is 25.3. The molecule has 1 heterocycles. The standard InChI is InChI=1S/C13H23NO4/c1-9(2)13(12(16)17)5-6-14(8-13)11(15)10(3)7-18-4/h9-10H,5-8H2,1-4H3,(H,16,17). The van der Waals surface area contributed by atoms with Crippen LogP contribution in [0.2, 0.25) is 0 Å². The van der Waals surface area contributed by atoms with E-state index in [4.69, 9.17) is 4.74 Å². The fraction of sp³-hybridized carbons (Fsp3) is 0.846. The quantitative estimate of drug-likeness (QED) is 0.804. The molecule has 104 valence electrons. The highest BCUT2D eigenvalue weighted by molar-refractivity contribution is 5.82. The Kier molecular flexibility index (Phi) is 4.73. The number of nitrogens with zero attached hydrogens (tertiary/aromatic N) is 1. The Labute approximate surface area is 108 Å².